The number of para-hydroxylation sites is 1. The van der Waals surface area contributed by atoms with Gasteiger partial charge in [-0.15, -0.1) is 0 Å². The van der Waals surface area contributed by atoms with Gasteiger partial charge in [-0.05, 0) is 65.5 Å². The number of nitrogens with one attached hydrogen (secondary N) is 3. The lowest BCUT2D eigenvalue weighted by Gasteiger charge is -2.45. The third-order valence-corrected chi connectivity index (χ3v) is 15.3. The molecule has 0 fully saturated rings. The summed E-state index contributed by atoms with van der Waals surface area (Å²) in [6.45, 7) is 7.18. The molecule has 0 saturated carbocycles. The Balaban J connectivity index is 1.35. The number of nitrogens with zero attached hydrogens (tertiary/aromatic N) is 1. The van der Waals surface area contributed by atoms with E-state index in [0.717, 1.165) is 26.8 Å². The van der Waals surface area contributed by atoms with E-state index in [1.54, 1.807) is 0 Å². The number of H-pyrrole nitrogens is 1. The number of halogens is 5. The molecule has 0 bridgehead atoms. The zero-order chi connectivity index (χ0) is 37.8. The molecule has 0 saturated heterocycles. The summed E-state index contributed by atoms with van der Waals surface area (Å²) in [5.74, 6) is -5.07. The first kappa shape index (κ1) is 38.7. The van der Waals surface area contributed by atoms with Crippen molar-refractivity contribution in [3.63, 3.8) is 0 Å². The van der Waals surface area contributed by atoms with Crippen LogP contribution in [0, 0.1) is 11.6 Å². The highest BCUT2D eigenvalue weighted by Gasteiger charge is 2.52. The largest absolute Gasteiger partial charge is 0.401 e. The molecule has 3 N–H and O–H groups in total. The van der Waals surface area contributed by atoms with Crippen molar-refractivity contribution in [1.82, 2.24) is 15.2 Å². The normalized spacial score (nSPS) is 16.9. The monoisotopic (exact) mass is 748 g/mol. The number of anilines is 1. The molecule has 5 aromatic rings. The quantitative estimate of drug-likeness (QED) is 0.0573. The van der Waals surface area contributed by atoms with Crippen molar-refractivity contribution < 1.29 is 26.4 Å². The second-order valence-electron chi connectivity index (χ2n) is 15.1. The predicted octanol–water partition coefficient (Wildman–Crippen LogP) is 8.36. The number of rotatable bonds is 15. The fraction of sp³-hybridized carbons (Fsp3) is 0.381. The third-order valence-electron chi connectivity index (χ3n) is 10.3. The van der Waals surface area contributed by atoms with Crippen LogP contribution in [0.15, 0.2) is 97.1 Å². The molecule has 0 radical (unpaired) electrons. The van der Waals surface area contributed by atoms with Crippen LogP contribution >= 0.6 is 0 Å². The fourth-order valence-corrected chi connectivity index (χ4v) is 12.5. The molecule has 1 aromatic heterocycles. The van der Waals surface area contributed by atoms with Crippen LogP contribution in [0.25, 0.3) is 10.9 Å². The van der Waals surface area contributed by atoms with Gasteiger partial charge in [-0.3, -0.25) is 9.29 Å². The Labute approximate surface area is 310 Å². The molecule has 1 aliphatic rings. The number of hydrogen-bond donors (Lipinski definition) is 3. The molecule has 4 aromatic carbocycles. The highest BCUT2D eigenvalue weighted by Crippen LogP contribution is 2.44. The minimum Gasteiger partial charge on any atom is -0.401 e. The summed E-state index contributed by atoms with van der Waals surface area (Å²) in [5, 5.41) is 8.24. The Morgan fingerprint density at radius 3 is 2.06 bits per heavy atom. The van der Waals surface area contributed by atoms with Gasteiger partial charge in [0.1, 0.15) is 11.6 Å². The molecule has 11 heteroatoms. The van der Waals surface area contributed by atoms with E-state index in [9.17, 15) is 4.39 Å². The smallest absolute Gasteiger partial charge is 0.282 e. The Morgan fingerprint density at radius 1 is 0.849 bits per heavy atom. The van der Waals surface area contributed by atoms with E-state index in [0.29, 0.717) is 38.2 Å². The van der Waals surface area contributed by atoms with Crippen LogP contribution in [0.1, 0.15) is 57.0 Å². The average molecular weight is 749 g/mol. The second kappa shape index (κ2) is 16.1. The average Bonchev–Trinajstić information content (AvgIpc) is 3.49. The summed E-state index contributed by atoms with van der Waals surface area (Å²) in [4.78, 5) is 4.88. The molecular weight excluding hydrogens is 700 g/mol. The van der Waals surface area contributed by atoms with Gasteiger partial charge in [-0.2, -0.15) is 0 Å². The van der Waals surface area contributed by atoms with Gasteiger partial charge in [-0.25, -0.2) is 17.6 Å². The van der Waals surface area contributed by atoms with Crippen molar-refractivity contribution in [3.05, 3.63) is 126 Å². The van der Waals surface area contributed by atoms with Gasteiger partial charge in [0.05, 0.1) is 25.9 Å². The molecule has 1 aliphatic heterocycles. The standard InChI is InChI=1S/C42H49F5N4OSi/c1-29-24-34-33-18-11-12-19-37(33)50-39(34)40(38-35(44)25-30(26-36(38)45)49-23-22-48-21-13-20-43)51(29)27-42(46,47)28-52-53(41(2,3)4,31-14-7-5-8-15-31)32-16-9-6-10-17-32/h5-12,14-19,25-26,29,40,48-50H,13,20-24,27-28H2,1-4H3/t29-,40-/m1/s1. The predicted molar refractivity (Wildman–Crippen MR) is 207 cm³/mol. The summed E-state index contributed by atoms with van der Waals surface area (Å²) in [6.07, 6.45) is 0.800. The molecule has 0 aliphatic carbocycles. The van der Waals surface area contributed by atoms with Crippen LogP contribution in [-0.2, 0) is 10.8 Å². The maximum absolute atomic E-state index is 16.7. The lowest BCUT2D eigenvalue weighted by Crippen LogP contribution is -2.67. The van der Waals surface area contributed by atoms with E-state index in [2.05, 4.69) is 15.6 Å². The molecular formula is C42H49F5N4OSi. The molecule has 6 rings (SSSR count). The summed E-state index contributed by atoms with van der Waals surface area (Å²) in [6, 6.07) is 27.6. The van der Waals surface area contributed by atoms with Crippen molar-refractivity contribution in [1.29, 1.82) is 0 Å². The van der Waals surface area contributed by atoms with Crippen LogP contribution in [0.2, 0.25) is 5.04 Å². The zero-order valence-corrected chi connectivity index (χ0v) is 31.8. The van der Waals surface area contributed by atoms with E-state index in [-0.39, 0.29) is 11.3 Å². The summed E-state index contributed by atoms with van der Waals surface area (Å²) >= 11 is 0. The van der Waals surface area contributed by atoms with Crippen molar-refractivity contribution in [3.8, 4) is 0 Å². The van der Waals surface area contributed by atoms with Crippen LogP contribution in [0.3, 0.4) is 0 Å². The minimum absolute atomic E-state index is 0.229. The highest BCUT2D eigenvalue weighted by atomic mass is 28.4. The van der Waals surface area contributed by atoms with Crippen molar-refractivity contribution >= 4 is 35.3 Å². The Morgan fingerprint density at radius 2 is 1.45 bits per heavy atom. The second-order valence-corrected chi connectivity index (χ2v) is 19.4. The van der Waals surface area contributed by atoms with E-state index < -0.39 is 62.8 Å². The van der Waals surface area contributed by atoms with Crippen LogP contribution in [-0.4, -0.2) is 69.6 Å². The number of alkyl halides is 3. The maximum atomic E-state index is 16.7. The lowest BCUT2D eigenvalue weighted by atomic mass is 9.87. The van der Waals surface area contributed by atoms with Crippen molar-refractivity contribution in [2.24, 2.45) is 0 Å². The van der Waals surface area contributed by atoms with E-state index in [1.165, 1.54) is 17.0 Å². The SMILES string of the molecule is C[C@@H]1Cc2c([nH]c3ccccc23)[C@@H](c2c(F)cc(NCCNCCCF)cc2F)N1CC(F)(F)CO[Si](c1ccccc1)(c1ccccc1)C(C)(C)C. The summed E-state index contributed by atoms with van der Waals surface area (Å²) in [7, 11) is -3.30. The number of aromatic nitrogens is 1. The Bertz CT molecular complexity index is 1900. The Kier molecular flexibility index (Phi) is 11.8. The minimum atomic E-state index is -3.40. The number of aromatic amines is 1. The van der Waals surface area contributed by atoms with E-state index in [1.807, 2.05) is 113 Å². The van der Waals surface area contributed by atoms with Crippen LogP contribution in [0.5, 0.6) is 0 Å². The first-order valence-corrected chi connectivity index (χ1v) is 20.2. The van der Waals surface area contributed by atoms with Crippen molar-refractivity contribution in [2.75, 3.05) is 44.8 Å². The van der Waals surface area contributed by atoms with Gasteiger partial charge < -0.3 is 20.0 Å². The lowest BCUT2D eigenvalue weighted by molar-refractivity contribution is -0.0825. The van der Waals surface area contributed by atoms with Gasteiger partial charge in [0.25, 0.3) is 14.2 Å². The molecule has 2 atom stereocenters. The first-order chi connectivity index (χ1) is 25.4. The summed E-state index contributed by atoms with van der Waals surface area (Å²) < 4.78 is 85.1. The molecule has 53 heavy (non-hydrogen) atoms. The van der Waals surface area contributed by atoms with Gasteiger partial charge in [0, 0.05) is 47.0 Å². The molecule has 0 spiro atoms. The Hall–Kier alpha value is -4.03. The van der Waals surface area contributed by atoms with Crippen molar-refractivity contribution in [2.45, 2.75) is 63.6 Å². The number of fused-ring (bicyclic) bond motifs is 3. The molecule has 5 nitrogen and oxygen atoms in total. The van der Waals surface area contributed by atoms with Gasteiger partial charge >= 0.3 is 0 Å². The van der Waals surface area contributed by atoms with Gasteiger partial charge in [-0.1, -0.05) is 99.6 Å². The van der Waals surface area contributed by atoms with E-state index >= 15 is 17.6 Å². The fourth-order valence-electron chi connectivity index (χ4n) is 7.91. The van der Waals surface area contributed by atoms with Crippen LogP contribution < -0.4 is 21.0 Å². The van der Waals surface area contributed by atoms with Crippen LogP contribution in [0.4, 0.5) is 27.6 Å². The number of hydrogen-bond acceptors (Lipinski definition) is 4. The maximum Gasteiger partial charge on any atom is 0.282 e. The molecule has 0 unspecified atom stereocenters. The molecule has 282 valence electrons. The summed E-state index contributed by atoms with van der Waals surface area (Å²) in [5.41, 5.74) is 2.08. The first-order valence-electron chi connectivity index (χ1n) is 18.3. The zero-order valence-electron chi connectivity index (χ0n) is 30.8. The topological polar surface area (TPSA) is 52.3 Å². The molecule has 2 heterocycles. The molecule has 0 amide bonds. The third kappa shape index (κ3) is 8.08. The van der Waals surface area contributed by atoms with Gasteiger partial charge in [0.2, 0.25) is 0 Å². The van der Waals surface area contributed by atoms with E-state index in [4.69, 9.17) is 4.43 Å². The highest BCUT2D eigenvalue weighted by molar-refractivity contribution is 6.99. The number of benzene rings is 4. The van der Waals surface area contributed by atoms with Gasteiger partial charge in [0.15, 0.2) is 0 Å².